The zero-order valence-electron chi connectivity index (χ0n) is 5.79. The minimum atomic E-state index is -5.39. The van der Waals surface area contributed by atoms with Gasteiger partial charge in [-0.2, -0.15) is 7.82 Å². The van der Waals surface area contributed by atoms with E-state index in [4.69, 9.17) is 39.0 Å². The Kier molecular flexibility index (Phi) is 18.6. The third-order valence-corrected chi connectivity index (χ3v) is 0.167. The van der Waals surface area contributed by atoms with Crippen LogP contribution in [-0.2, 0) is 35.9 Å². The van der Waals surface area contributed by atoms with Crippen LogP contribution in [0.1, 0.15) is 0 Å². The van der Waals surface area contributed by atoms with Crippen LogP contribution in [0.2, 0.25) is 0 Å². The monoisotopic (exact) mass is 258 g/mol. The number of carbonyl (C=O) groups is 2. The van der Waals surface area contributed by atoms with Gasteiger partial charge in [0.25, 0.3) is 0 Å². The van der Waals surface area contributed by atoms with E-state index >= 15 is 0 Å². The number of phosphoric acid groups is 1. The van der Waals surface area contributed by atoms with E-state index in [0.29, 0.717) is 0 Å². The van der Waals surface area contributed by atoms with E-state index in [0.717, 1.165) is 0 Å². The first-order chi connectivity index (χ1) is 4.64. The van der Waals surface area contributed by atoms with Crippen LogP contribution in [0.3, 0.4) is 0 Å². The first-order valence-corrected chi connectivity index (χ1v) is 3.26. The molecule has 0 saturated carbocycles. The van der Waals surface area contributed by atoms with Gasteiger partial charge in [0, 0.05) is 0 Å². The van der Waals surface area contributed by atoms with Crippen LogP contribution in [0.15, 0.2) is 0 Å². The van der Waals surface area contributed by atoms with Crippen LogP contribution < -0.4 is 24.9 Å². The standard InChI is InChI=1S/C2H2O4.Al.H3O4P.Ti/c3-1(4)2(5)6;;1-5(2,3)4;/h(H,3,4)(H,5,6);;(H3,1,2,3,4);/q;+3;;+4/p-5. The Balaban J connectivity index is -0.0000000546. The Morgan fingerprint density at radius 3 is 1.00 bits per heavy atom. The van der Waals surface area contributed by atoms with Gasteiger partial charge in [0.1, 0.15) is 0 Å². The molecule has 0 unspecified atom stereocenters. The first-order valence-electron chi connectivity index (χ1n) is 1.80. The molecule has 0 spiro atoms. The molecule has 0 saturated heterocycles. The SMILES string of the molecule is O=C([O-])C(=O)[O-].O=P([O-])([O-])[O-].[Al+3].[Ti+4]. The average molecular weight is 258 g/mol. The third-order valence-electron chi connectivity index (χ3n) is 0.167. The smallest absolute Gasteiger partial charge is 0.822 e. The van der Waals surface area contributed by atoms with Gasteiger partial charge in [-0.05, 0) is 0 Å². The zero-order valence-corrected chi connectivity index (χ0v) is 9.40. The van der Waals surface area contributed by atoms with Gasteiger partial charge in [-0.3, -0.25) is 0 Å². The molecule has 0 aromatic heterocycles. The maximum atomic E-state index is 8.93. The minimum Gasteiger partial charge on any atom is -0.822 e. The van der Waals surface area contributed by atoms with Crippen molar-refractivity contribution in [2.75, 3.05) is 0 Å². The Bertz CT molecular complexity index is 178. The number of carboxylic acid groups (broad SMARTS) is 2. The molecule has 0 N–H and O–H groups in total. The molecule has 0 aliphatic carbocycles. The quantitative estimate of drug-likeness (QED) is 0.234. The second-order valence-corrected chi connectivity index (χ2v) is 1.92. The van der Waals surface area contributed by atoms with E-state index in [1.165, 1.54) is 0 Å². The van der Waals surface area contributed by atoms with Crippen LogP contribution in [0.5, 0.6) is 0 Å². The summed E-state index contributed by atoms with van der Waals surface area (Å²) in [7, 11) is -5.39. The molecule has 0 aromatic carbocycles. The van der Waals surface area contributed by atoms with E-state index in [1.54, 1.807) is 0 Å². The van der Waals surface area contributed by atoms with Gasteiger partial charge in [0.2, 0.25) is 0 Å². The summed E-state index contributed by atoms with van der Waals surface area (Å²) in [5, 5.41) is 17.9. The summed E-state index contributed by atoms with van der Waals surface area (Å²) in [5.41, 5.74) is 0. The molecular weight excluding hydrogens is 258 g/mol. The number of hydrogen-bond acceptors (Lipinski definition) is 8. The van der Waals surface area contributed by atoms with Crippen molar-refractivity contribution in [1.29, 1.82) is 0 Å². The minimum absolute atomic E-state index is 0. The summed E-state index contributed by atoms with van der Waals surface area (Å²) < 4.78 is 8.55. The Hall–Kier alpha value is 0.297. The van der Waals surface area contributed by atoms with Gasteiger partial charge in [-0.25, -0.2) is 0 Å². The normalized spacial score (nSPS) is 7.92. The predicted octanol–water partition coefficient (Wildman–Crippen LogP) is -6.72. The summed E-state index contributed by atoms with van der Waals surface area (Å²) in [6.45, 7) is 0. The van der Waals surface area contributed by atoms with Crippen molar-refractivity contribution in [3.8, 4) is 0 Å². The van der Waals surface area contributed by atoms with Crippen molar-refractivity contribution in [3.05, 3.63) is 0 Å². The fourth-order valence-electron chi connectivity index (χ4n) is 0. The largest absolute Gasteiger partial charge is 4.00 e. The molecule has 8 nitrogen and oxygen atoms in total. The van der Waals surface area contributed by atoms with Crippen molar-refractivity contribution in [2.24, 2.45) is 0 Å². The number of aliphatic carboxylic acids is 2. The van der Waals surface area contributed by atoms with E-state index in [1.807, 2.05) is 0 Å². The van der Waals surface area contributed by atoms with Crippen molar-refractivity contribution in [2.45, 2.75) is 0 Å². The zero-order chi connectivity index (χ0) is 9.65. The van der Waals surface area contributed by atoms with Gasteiger partial charge in [-0.15, -0.1) is 0 Å². The second kappa shape index (κ2) is 10.4. The van der Waals surface area contributed by atoms with Gasteiger partial charge in [0.05, 0.1) is 11.9 Å². The van der Waals surface area contributed by atoms with Crippen molar-refractivity contribution < 1.29 is 60.8 Å². The summed E-state index contributed by atoms with van der Waals surface area (Å²) in [6.07, 6.45) is 0. The molecule has 0 aromatic rings. The van der Waals surface area contributed by atoms with Crippen LogP contribution in [0.25, 0.3) is 0 Å². The molecule has 66 valence electrons. The molecule has 0 rings (SSSR count). The maximum Gasteiger partial charge on any atom is 4.00 e. The van der Waals surface area contributed by atoms with Gasteiger partial charge in [-0.1, -0.05) is 0 Å². The van der Waals surface area contributed by atoms with E-state index in [2.05, 4.69) is 0 Å². The Morgan fingerprint density at radius 1 is 0.923 bits per heavy atom. The Labute approximate surface area is 97.8 Å². The van der Waals surface area contributed by atoms with Gasteiger partial charge < -0.3 is 39.0 Å². The molecule has 0 aliphatic heterocycles. The molecule has 0 aliphatic rings. The average Bonchev–Trinajstić information content (AvgIpc) is 1.59. The number of rotatable bonds is 0. The number of carbonyl (C=O) groups excluding carboxylic acids is 2. The summed E-state index contributed by atoms with van der Waals surface area (Å²) in [5.74, 6) is -4.37. The number of hydrogen-bond donors (Lipinski definition) is 0. The summed E-state index contributed by atoms with van der Waals surface area (Å²) >= 11 is 0. The molecule has 13 heavy (non-hydrogen) atoms. The maximum absolute atomic E-state index is 8.93. The van der Waals surface area contributed by atoms with Crippen LogP contribution in [0.4, 0.5) is 0 Å². The van der Waals surface area contributed by atoms with E-state index in [9.17, 15) is 0 Å². The molecule has 0 fully saturated rings. The molecular formula is C2AlO8PTi+2. The number of carboxylic acids is 2. The van der Waals surface area contributed by atoms with E-state index < -0.39 is 19.8 Å². The Morgan fingerprint density at radius 2 is 1.00 bits per heavy atom. The van der Waals surface area contributed by atoms with Gasteiger partial charge >= 0.3 is 39.1 Å². The predicted molar refractivity (Wildman–Crippen MR) is 23.4 cm³/mol. The molecule has 11 heteroatoms. The van der Waals surface area contributed by atoms with E-state index in [-0.39, 0.29) is 39.1 Å². The molecule has 0 bridgehead atoms. The summed E-state index contributed by atoms with van der Waals surface area (Å²) in [4.78, 5) is 43.5. The summed E-state index contributed by atoms with van der Waals surface area (Å²) in [6, 6.07) is 0. The topological polar surface area (TPSA) is 167 Å². The molecule has 0 radical (unpaired) electrons. The van der Waals surface area contributed by atoms with Crippen molar-refractivity contribution in [1.82, 2.24) is 0 Å². The van der Waals surface area contributed by atoms with Crippen LogP contribution in [-0.4, -0.2) is 29.3 Å². The van der Waals surface area contributed by atoms with Gasteiger partial charge in [0.15, 0.2) is 0 Å². The fourth-order valence-corrected chi connectivity index (χ4v) is 0. The molecule has 0 heterocycles. The van der Waals surface area contributed by atoms with Crippen molar-refractivity contribution >= 4 is 37.1 Å². The first kappa shape index (κ1) is 23.3. The third kappa shape index (κ3) is 70.6. The van der Waals surface area contributed by atoms with Crippen molar-refractivity contribution in [3.63, 3.8) is 0 Å². The second-order valence-electron chi connectivity index (χ2n) is 1.02. The van der Waals surface area contributed by atoms with Crippen LogP contribution >= 0.6 is 7.82 Å². The van der Waals surface area contributed by atoms with Crippen LogP contribution in [0, 0.1) is 0 Å². The molecule has 0 amide bonds. The molecule has 0 atom stereocenters. The fraction of sp³-hybridized carbons (Fsp3) is 0.